The van der Waals surface area contributed by atoms with Gasteiger partial charge in [-0.2, -0.15) is 0 Å². The fourth-order valence-electron chi connectivity index (χ4n) is 1.47. The van der Waals surface area contributed by atoms with Crippen LogP contribution in [0.2, 0.25) is 0 Å². The molecule has 94 valence electrons. The molecule has 2 heterocycles. The molecule has 0 fully saturated rings. The molecule has 2 aromatic rings. The molecule has 18 heavy (non-hydrogen) atoms. The minimum absolute atomic E-state index is 0.0709. The highest BCUT2D eigenvalue weighted by atomic mass is 32.1. The molecular formula is C11H12N4O2S. The first-order chi connectivity index (χ1) is 8.58. The lowest BCUT2D eigenvalue weighted by Gasteiger charge is -2.05. The highest BCUT2D eigenvalue weighted by Crippen LogP contribution is 2.10. The summed E-state index contributed by atoms with van der Waals surface area (Å²) >= 11 is 1.34. The van der Waals surface area contributed by atoms with Crippen molar-refractivity contribution in [3.63, 3.8) is 0 Å². The zero-order valence-corrected chi connectivity index (χ0v) is 10.8. The molecule has 0 aliphatic rings. The monoisotopic (exact) mass is 264 g/mol. The molecule has 1 N–H and O–H groups in total. The molecule has 7 heteroatoms. The molecule has 0 spiro atoms. The van der Waals surface area contributed by atoms with Crippen molar-refractivity contribution in [3.05, 3.63) is 39.5 Å². The van der Waals surface area contributed by atoms with E-state index in [4.69, 9.17) is 0 Å². The standard InChI is InChI=1S/C11H12N4O2S/c1-7-8(13-6-15(2)10(7)17)5-9(16)14-11-12-3-4-18-11/h3-4,6H,5H2,1-2H3,(H,12,14,16). The third kappa shape index (κ3) is 2.62. The molecule has 6 nitrogen and oxygen atoms in total. The first-order valence-corrected chi connectivity index (χ1v) is 6.16. The second-order valence-corrected chi connectivity index (χ2v) is 4.69. The summed E-state index contributed by atoms with van der Waals surface area (Å²) in [5.74, 6) is -0.228. The molecule has 0 saturated heterocycles. The van der Waals surface area contributed by atoms with Gasteiger partial charge in [0, 0.05) is 24.2 Å². The van der Waals surface area contributed by atoms with E-state index in [0.29, 0.717) is 16.4 Å². The number of amides is 1. The van der Waals surface area contributed by atoms with E-state index < -0.39 is 0 Å². The van der Waals surface area contributed by atoms with E-state index in [-0.39, 0.29) is 17.9 Å². The van der Waals surface area contributed by atoms with Crippen LogP contribution in [0.5, 0.6) is 0 Å². The minimum Gasteiger partial charge on any atom is -0.302 e. The van der Waals surface area contributed by atoms with E-state index in [1.165, 1.54) is 22.2 Å². The van der Waals surface area contributed by atoms with Gasteiger partial charge in [-0.05, 0) is 6.92 Å². The van der Waals surface area contributed by atoms with Gasteiger partial charge in [0.1, 0.15) is 0 Å². The number of nitrogens with zero attached hydrogens (tertiary/aromatic N) is 3. The Kier molecular flexibility index (Phi) is 3.52. The number of anilines is 1. The minimum atomic E-state index is -0.228. The van der Waals surface area contributed by atoms with Crippen molar-refractivity contribution in [1.82, 2.24) is 14.5 Å². The highest BCUT2D eigenvalue weighted by Gasteiger charge is 2.11. The maximum atomic E-state index is 11.7. The van der Waals surface area contributed by atoms with Crippen LogP contribution in [0.15, 0.2) is 22.7 Å². The molecule has 1 amide bonds. The van der Waals surface area contributed by atoms with E-state index in [1.807, 2.05) is 0 Å². The normalized spacial score (nSPS) is 10.3. The number of aryl methyl sites for hydroxylation is 1. The van der Waals surface area contributed by atoms with Gasteiger partial charge in [0.2, 0.25) is 5.91 Å². The predicted molar refractivity (Wildman–Crippen MR) is 68.7 cm³/mol. The summed E-state index contributed by atoms with van der Waals surface area (Å²) in [7, 11) is 1.63. The lowest BCUT2D eigenvalue weighted by Crippen LogP contribution is -2.24. The van der Waals surface area contributed by atoms with Gasteiger partial charge in [0.15, 0.2) is 5.13 Å². The number of aromatic nitrogens is 3. The van der Waals surface area contributed by atoms with Crippen molar-refractivity contribution < 1.29 is 4.79 Å². The zero-order chi connectivity index (χ0) is 13.1. The zero-order valence-electron chi connectivity index (χ0n) is 10.0. The van der Waals surface area contributed by atoms with Gasteiger partial charge in [0.25, 0.3) is 5.56 Å². The van der Waals surface area contributed by atoms with Crippen LogP contribution in [0, 0.1) is 6.92 Å². The molecule has 0 unspecified atom stereocenters. The summed E-state index contributed by atoms with van der Waals surface area (Å²) in [6, 6.07) is 0. The van der Waals surface area contributed by atoms with Crippen LogP contribution in [-0.4, -0.2) is 20.4 Å². The van der Waals surface area contributed by atoms with E-state index in [2.05, 4.69) is 15.3 Å². The van der Waals surface area contributed by atoms with Gasteiger partial charge < -0.3 is 9.88 Å². The summed E-state index contributed by atoms with van der Waals surface area (Å²) in [5.41, 5.74) is 0.850. The van der Waals surface area contributed by atoms with Gasteiger partial charge in [-0.3, -0.25) is 9.59 Å². The van der Waals surface area contributed by atoms with E-state index in [1.54, 1.807) is 25.5 Å². The van der Waals surface area contributed by atoms with Crippen molar-refractivity contribution in [1.29, 1.82) is 0 Å². The maximum absolute atomic E-state index is 11.7. The van der Waals surface area contributed by atoms with Crippen molar-refractivity contribution in [3.8, 4) is 0 Å². The van der Waals surface area contributed by atoms with Crippen molar-refractivity contribution in [2.45, 2.75) is 13.3 Å². The number of hydrogen-bond donors (Lipinski definition) is 1. The van der Waals surface area contributed by atoms with Gasteiger partial charge in [-0.15, -0.1) is 11.3 Å². The molecule has 2 aromatic heterocycles. The van der Waals surface area contributed by atoms with Crippen LogP contribution in [0.25, 0.3) is 0 Å². The number of carbonyl (C=O) groups excluding carboxylic acids is 1. The summed E-state index contributed by atoms with van der Waals surface area (Å²) in [5, 5.41) is 4.97. The Morgan fingerprint density at radius 2 is 2.28 bits per heavy atom. The van der Waals surface area contributed by atoms with E-state index in [9.17, 15) is 9.59 Å². The number of nitrogens with one attached hydrogen (secondary N) is 1. The highest BCUT2D eigenvalue weighted by molar-refractivity contribution is 7.13. The van der Waals surface area contributed by atoms with Crippen LogP contribution >= 0.6 is 11.3 Å². The molecule has 0 saturated carbocycles. The van der Waals surface area contributed by atoms with Gasteiger partial charge in [-0.25, -0.2) is 9.97 Å². The Hall–Kier alpha value is -2.02. The number of thiazole rings is 1. The number of hydrogen-bond acceptors (Lipinski definition) is 5. The summed E-state index contributed by atoms with van der Waals surface area (Å²) < 4.78 is 1.39. The quantitative estimate of drug-likeness (QED) is 0.886. The van der Waals surface area contributed by atoms with Gasteiger partial charge in [-0.1, -0.05) is 0 Å². The molecule has 2 rings (SSSR count). The summed E-state index contributed by atoms with van der Waals surface area (Å²) in [6.45, 7) is 1.67. The Morgan fingerprint density at radius 1 is 1.50 bits per heavy atom. The van der Waals surface area contributed by atoms with Crippen LogP contribution in [0.3, 0.4) is 0 Å². The number of carbonyl (C=O) groups is 1. The fraction of sp³-hybridized carbons (Fsp3) is 0.273. The predicted octanol–water partition coefficient (Wildman–Crippen LogP) is 0.726. The smallest absolute Gasteiger partial charge is 0.256 e. The topological polar surface area (TPSA) is 76.9 Å². The Morgan fingerprint density at radius 3 is 2.94 bits per heavy atom. The average Bonchev–Trinajstić information content (AvgIpc) is 2.83. The fourth-order valence-corrected chi connectivity index (χ4v) is 2.02. The second kappa shape index (κ2) is 5.09. The van der Waals surface area contributed by atoms with Crippen LogP contribution in [-0.2, 0) is 18.3 Å². The first-order valence-electron chi connectivity index (χ1n) is 5.28. The third-order valence-corrected chi connectivity index (χ3v) is 3.16. The summed E-state index contributed by atoms with van der Waals surface area (Å²) in [6.07, 6.45) is 3.10. The Balaban J connectivity index is 2.12. The van der Waals surface area contributed by atoms with Crippen LogP contribution in [0.4, 0.5) is 5.13 Å². The molecule has 0 atom stereocenters. The molecule has 0 aliphatic heterocycles. The number of rotatable bonds is 3. The Bertz CT molecular complexity index is 618. The van der Waals surface area contributed by atoms with Crippen molar-refractivity contribution >= 4 is 22.4 Å². The van der Waals surface area contributed by atoms with Crippen molar-refractivity contribution in [2.24, 2.45) is 7.05 Å². The summed E-state index contributed by atoms with van der Waals surface area (Å²) in [4.78, 5) is 31.4. The third-order valence-electron chi connectivity index (χ3n) is 2.47. The SMILES string of the molecule is Cc1c(CC(=O)Nc2nccs2)ncn(C)c1=O. The average molecular weight is 264 g/mol. The second-order valence-electron chi connectivity index (χ2n) is 3.79. The molecule has 0 aromatic carbocycles. The van der Waals surface area contributed by atoms with Gasteiger partial charge >= 0.3 is 0 Å². The first kappa shape index (κ1) is 12.4. The van der Waals surface area contributed by atoms with Crippen LogP contribution < -0.4 is 10.9 Å². The lowest BCUT2D eigenvalue weighted by molar-refractivity contribution is -0.115. The maximum Gasteiger partial charge on any atom is 0.256 e. The van der Waals surface area contributed by atoms with Crippen molar-refractivity contribution in [2.75, 3.05) is 5.32 Å². The van der Waals surface area contributed by atoms with Crippen LogP contribution in [0.1, 0.15) is 11.3 Å². The van der Waals surface area contributed by atoms with E-state index in [0.717, 1.165) is 0 Å². The largest absolute Gasteiger partial charge is 0.302 e. The molecule has 0 radical (unpaired) electrons. The Labute approximate surface area is 107 Å². The van der Waals surface area contributed by atoms with Gasteiger partial charge in [0.05, 0.1) is 18.4 Å². The lowest BCUT2D eigenvalue weighted by atomic mass is 10.2. The van der Waals surface area contributed by atoms with E-state index >= 15 is 0 Å². The molecule has 0 bridgehead atoms. The molecule has 0 aliphatic carbocycles. The molecular weight excluding hydrogens is 252 g/mol.